The minimum Gasteiger partial charge on any atom is -0.488 e. The molecule has 1 N–H and O–H groups in total. The van der Waals surface area contributed by atoms with Crippen LogP contribution in [0.5, 0.6) is 5.75 Å². The number of para-hydroxylation sites is 2. The van der Waals surface area contributed by atoms with Crippen molar-refractivity contribution in [2.75, 3.05) is 11.9 Å². The summed E-state index contributed by atoms with van der Waals surface area (Å²) in [4.78, 5) is 28.7. The summed E-state index contributed by atoms with van der Waals surface area (Å²) in [6, 6.07) is 10.5. The van der Waals surface area contributed by atoms with Crippen LogP contribution in [0.3, 0.4) is 0 Å². The molecule has 1 aromatic carbocycles. The molecule has 1 fully saturated rings. The molecule has 1 aliphatic carbocycles. The van der Waals surface area contributed by atoms with Gasteiger partial charge in [-0.1, -0.05) is 12.1 Å². The molecular formula is C21H24N2O4. The number of anilines is 1. The van der Waals surface area contributed by atoms with Crippen molar-refractivity contribution in [2.24, 2.45) is 0 Å². The Kier molecular flexibility index (Phi) is 6.06. The van der Waals surface area contributed by atoms with Gasteiger partial charge in [-0.05, 0) is 63.8 Å². The van der Waals surface area contributed by atoms with Gasteiger partial charge in [0.1, 0.15) is 11.4 Å². The number of hydrogen-bond donors (Lipinski definition) is 1. The Morgan fingerprint density at radius 2 is 1.89 bits per heavy atom. The topological polar surface area (TPSA) is 77.5 Å². The molecule has 1 saturated carbocycles. The first-order valence-corrected chi connectivity index (χ1v) is 9.30. The summed E-state index contributed by atoms with van der Waals surface area (Å²) in [5, 5.41) is 2.86. The number of benzene rings is 1. The van der Waals surface area contributed by atoms with Crippen molar-refractivity contribution in [3.05, 3.63) is 53.3 Å². The van der Waals surface area contributed by atoms with Crippen LogP contribution in [-0.2, 0) is 4.74 Å². The maximum absolute atomic E-state index is 12.6. The van der Waals surface area contributed by atoms with Crippen LogP contribution in [-0.4, -0.2) is 29.6 Å². The fraction of sp³-hybridized carbons (Fsp3) is 0.381. The van der Waals surface area contributed by atoms with Crippen LogP contribution >= 0.6 is 0 Å². The van der Waals surface area contributed by atoms with E-state index in [1.165, 1.54) is 18.9 Å². The highest BCUT2D eigenvalue weighted by Gasteiger charge is 2.19. The number of aryl methyl sites for hydroxylation is 1. The van der Waals surface area contributed by atoms with Crippen molar-refractivity contribution >= 4 is 17.6 Å². The van der Waals surface area contributed by atoms with Crippen molar-refractivity contribution in [2.45, 2.75) is 45.6 Å². The third kappa shape index (κ3) is 4.64. The number of nitrogens with one attached hydrogen (secondary N) is 1. The number of carbonyl (C=O) groups excluding carboxylic acids is 2. The van der Waals surface area contributed by atoms with E-state index >= 15 is 0 Å². The molecule has 0 atom stereocenters. The maximum atomic E-state index is 12.6. The predicted octanol–water partition coefficient (Wildman–Crippen LogP) is 4.14. The van der Waals surface area contributed by atoms with Crippen molar-refractivity contribution < 1.29 is 19.1 Å². The van der Waals surface area contributed by atoms with Gasteiger partial charge in [-0.3, -0.25) is 4.79 Å². The third-order valence-electron chi connectivity index (χ3n) is 4.54. The highest BCUT2D eigenvalue weighted by molar-refractivity contribution is 6.04. The summed E-state index contributed by atoms with van der Waals surface area (Å²) in [5.74, 6) is -0.127. The van der Waals surface area contributed by atoms with E-state index in [9.17, 15) is 9.59 Å². The molecule has 0 unspecified atom stereocenters. The van der Waals surface area contributed by atoms with Gasteiger partial charge in [-0.25, -0.2) is 9.78 Å². The van der Waals surface area contributed by atoms with Crippen LogP contribution in [0.4, 0.5) is 5.69 Å². The fourth-order valence-corrected chi connectivity index (χ4v) is 3.16. The highest BCUT2D eigenvalue weighted by Crippen LogP contribution is 2.30. The van der Waals surface area contributed by atoms with E-state index in [1.54, 1.807) is 19.9 Å². The van der Waals surface area contributed by atoms with Crippen molar-refractivity contribution in [1.82, 2.24) is 4.98 Å². The number of rotatable bonds is 6. The molecule has 1 amide bonds. The maximum Gasteiger partial charge on any atom is 0.339 e. The summed E-state index contributed by atoms with van der Waals surface area (Å²) < 4.78 is 11.0. The third-order valence-corrected chi connectivity index (χ3v) is 4.54. The zero-order valence-corrected chi connectivity index (χ0v) is 15.7. The Balaban J connectivity index is 1.74. The van der Waals surface area contributed by atoms with Gasteiger partial charge in [0.2, 0.25) is 0 Å². The van der Waals surface area contributed by atoms with Crippen molar-refractivity contribution in [3.8, 4) is 5.75 Å². The van der Waals surface area contributed by atoms with Gasteiger partial charge in [0.15, 0.2) is 0 Å². The van der Waals surface area contributed by atoms with Crippen LogP contribution in [0.1, 0.15) is 59.1 Å². The lowest BCUT2D eigenvalue weighted by Gasteiger charge is -2.17. The van der Waals surface area contributed by atoms with Crippen LogP contribution in [0, 0.1) is 6.92 Å². The normalized spacial score (nSPS) is 14.0. The van der Waals surface area contributed by atoms with Gasteiger partial charge < -0.3 is 14.8 Å². The van der Waals surface area contributed by atoms with Crippen LogP contribution in [0.15, 0.2) is 36.4 Å². The molecule has 1 aliphatic rings. The van der Waals surface area contributed by atoms with Crippen molar-refractivity contribution in [3.63, 3.8) is 0 Å². The average molecular weight is 368 g/mol. The second-order valence-electron chi connectivity index (χ2n) is 6.52. The smallest absolute Gasteiger partial charge is 0.339 e. The zero-order chi connectivity index (χ0) is 19.2. The molecule has 2 aromatic rings. The molecule has 0 radical (unpaired) electrons. The summed E-state index contributed by atoms with van der Waals surface area (Å²) in [6.45, 7) is 3.71. The first-order valence-electron chi connectivity index (χ1n) is 9.30. The molecule has 1 aromatic heterocycles. The molecule has 3 rings (SSSR count). The average Bonchev–Trinajstić information content (AvgIpc) is 3.16. The predicted molar refractivity (Wildman–Crippen MR) is 102 cm³/mol. The van der Waals surface area contributed by atoms with Crippen LogP contribution < -0.4 is 10.1 Å². The van der Waals surface area contributed by atoms with Crippen LogP contribution in [0.2, 0.25) is 0 Å². The van der Waals surface area contributed by atoms with E-state index in [0.29, 0.717) is 22.7 Å². The lowest BCUT2D eigenvalue weighted by Crippen LogP contribution is -2.18. The second kappa shape index (κ2) is 8.66. The molecule has 6 nitrogen and oxygen atoms in total. The Labute approximate surface area is 158 Å². The molecule has 0 aliphatic heterocycles. The van der Waals surface area contributed by atoms with Gasteiger partial charge in [0, 0.05) is 0 Å². The summed E-state index contributed by atoms with van der Waals surface area (Å²) in [7, 11) is 0. The van der Waals surface area contributed by atoms with Gasteiger partial charge in [0.25, 0.3) is 5.91 Å². The lowest BCUT2D eigenvalue weighted by molar-refractivity contribution is 0.0524. The largest absolute Gasteiger partial charge is 0.488 e. The first-order chi connectivity index (χ1) is 13.1. The molecule has 0 saturated heterocycles. The van der Waals surface area contributed by atoms with Crippen molar-refractivity contribution in [1.29, 1.82) is 0 Å². The Morgan fingerprint density at radius 3 is 2.59 bits per heavy atom. The standard InChI is InChI=1S/C21H24N2O4/c1-3-26-21(25)16-12-13-18(22-14(16)2)20(24)23-17-10-6-7-11-19(17)27-15-8-4-5-9-15/h6-7,10-13,15H,3-5,8-9H2,1-2H3,(H,23,24). The van der Waals surface area contributed by atoms with E-state index in [0.717, 1.165) is 12.8 Å². The Morgan fingerprint density at radius 1 is 1.15 bits per heavy atom. The molecule has 1 heterocycles. The summed E-state index contributed by atoms with van der Waals surface area (Å²) in [6.07, 6.45) is 4.63. The van der Waals surface area contributed by atoms with E-state index in [1.807, 2.05) is 24.3 Å². The number of aromatic nitrogens is 1. The van der Waals surface area contributed by atoms with Gasteiger partial charge in [-0.2, -0.15) is 0 Å². The zero-order valence-electron chi connectivity index (χ0n) is 15.7. The number of nitrogens with zero attached hydrogens (tertiary/aromatic N) is 1. The second-order valence-corrected chi connectivity index (χ2v) is 6.52. The first kappa shape index (κ1) is 18.9. The monoisotopic (exact) mass is 368 g/mol. The van der Waals surface area contributed by atoms with Gasteiger partial charge >= 0.3 is 5.97 Å². The molecule has 6 heteroatoms. The Hall–Kier alpha value is -2.89. The van der Waals surface area contributed by atoms with E-state index in [4.69, 9.17) is 9.47 Å². The van der Waals surface area contributed by atoms with E-state index < -0.39 is 5.97 Å². The van der Waals surface area contributed by atoms with Gasteiger partial charge in [0.05, 0.1) is 29.7 Å². The quantitative estimate of drug-likeness (QED) is 0.776. The SMILES string of the molecule is CCOC(=O)c1ccc(C(=O)Nc2ccccc2OC2CCCC2)nc1C. The number of carbonyl (C=O) groups is 2. The summed E-state index contributed by atoms with van der Waals surface area (Å²) >= 11 is 0. The number of esters is 1. The number of amides is 1. The molecular weight excluding hydrogens is 344 g/mol. The molecule has 27 heavy (non-hydrogen) atoms. The van der Waals surface area contributed by atoms with E-state index in [2.05, 4.69) is 10.3 Å². The number of ether oxygens (including phenoxy) is 2. The fourth-order valence-electron chi connectivity index (χ4n) is 3.16. The van der Waals surface area contributed by atoms with Gasteiger partial charge in [-0.15, -0.1) is 0 Å². The van der Waals surface area contributed by atoms with E-state index in [-0.39, 0.29) is 24.3 Å². The molecule has 0 bridgehead atoms. The van der Waals surface area contributed by atoms with Crippen LogP contribution in [0.25, 0.3) is 0 Å². The number of pyridine rings is 1. The lowest BCUT2D eigenvalue weighted by atomic mass is 10.2. The number of hydrogen-bond acceptors (Lipinski definition) is 5. The molecule has 0 spiro atoms. The minimum atomic E-state index is -0.440. The minimum absolute atomic E-state index is 0.201. The Bertz CT molecular complexity index is 829. The molecule has 142 valence electrons. The highest BCUT2D eigenvalue weighted by atomic mass is 16.5. The summed E-state index contributed by atoms with van der Waals surface area (Å²) in [5.41, 5.74) is 1.66.